The van der Waals surface area contributed by atoms with Crippen molar-refractivity contribution in [1.29, 1.82) is 0 Å². The molecule has 1 aromatic rings. The Balaban J connectivity index is 3.17. The number of alkyl halides is 1. The molecule has 0 amide bonds. The van der Waals surface area contributed by atoms with Crippen LogP contribution in [-0.4, -0.2) is 0 Å². The summed E-state index contributed by atoms with van der Waals surface area (Å²) in [5.74, 6) is 0.445. The molecule has 54 valence electrons. The highest BCUT2D eigenvalue weighted by molar-refractivity contribution is 9.10. The molecule has 0 nitrogen and oxygen atoms in total. The highest BCUT2D eigenvalue weighted by Gasteiger charge is 2.01. The van der Waals surface area contributed by atoms with E-state index < -0.39 is 0 Å². The van der Waals surface area contributed by atoms with Crippen molar-refractivity contribution in [3.8, 4) is 0 Å². The van der Waals surface area contributed by atoms with Gasteiger partial charge in [0, 0.05) is 15.4 Å². The summed E-state index contributed by atoms with van der Waals surface area (Å²) in [6, 6.07) is 5.62. The van der Waals surface area contributed by atoms with Crippen molar-refractivity contribution in [3.05, 3.63) is 33.3 Å². The van der Waals surface area contributed by atoms with Gasteiger partial charge in [0.05, 0.1) is 0 Å². The lowest BCUT2D eigenvalue weighted by molar-refractivity contribution is 1.37. The second-order valence-corrected chi connectivity index (χ2v) is 3.36. The van der Waals surface area contributed by atoms with Crippen LogP contribution < -0.4 is 0 Å². The van der Waals surface area contributed by atoms with Crippen LogP contribution in [0.2, 0.25) is 5.02 Å². The van der Waals surface area contributed by atoms with Crippen LogP contribution in [0.5, 0.6) is 0 Å². The first-order valence-corrected chi connectivity index (χ1v) is 4.45. The average Bonchev–Trinajstić information content (AvgIpc) is 1.88. The predicted octanol–water partition coefficient (Wildman–Crippen LogP) is 3.84. The molecule has 0 spiro atoms. The molecule has 0 aliphatic rings. The zero-order valence-corrected chi connectivity index (χ0v) is 8.17. The van der Waals surface area contributed by atoms with E-state index in [1.54, 1.807) is 0 Å². The van der Waals surface area contributed by atoms with Crippen LogP contribution in [0.3, 0.4) is 0 Å². The van der Waals surface area contributed by atoms with Crippen LogP contribution in [0.15, 0.2) is 22.7 Å². The van der Waals surface area contributed by atoms with Crippen LogP contribution in [0, 0.1) is 0 Å². The molecule has 1 rings (SSSR count). The molecule has 0 unspecified atom stereocenters. The predicted molar refractivity (Wildman–Crippen MR) is 48.7 cm³/mol. The Morgan fingerprint density at radius 3 is 2.50 bits per heavy atom. The third-order valence-corrected chi connectivity index (χ3v) is 2.56. The second kappa shape index (κ2) is 3.61. The maximum Gasteiger partial charge on any atom is 0.0500 e. The average molecular weight is 240 g/mol. The van der Waals surface area contributed by atoms with Gasteiger partial charge in [0.15, 0.2) is 0 Å². The Hall–Kier alpha value is 0.280. The van der Waals surface area contributed by atoms with E-state index in [1.165, 1.54) is 0 Å². The normalized spacial score (nSPS) is 9.90. The Morgan fingerprint density at radius 1 is 1.40 bits per heavy atom. The van der Waals surface area contributed by atoms with Crippen molar-refractivity contribution in [3.63, 3.8) is 0 Å². The van der Waals surface area contributed by atoms with Gasteiger partial charge < -0.3 is 0 Å². The first-order valence-electron chi connectivity index (χ1n) is 2.74. The fourth-order valence-electron chi connectivity index (χ4n) is 0.660. The van der Waals surface area contributed by atoms with Crippen molar-refractivity contribution in [2.24, 2.45) is 0 Å². The third kappa shape index (κ3) is 1.66. The first kappa shape index (κ1) is 8.38. The van der Waals surface area contributed by atoms with Gasteiger partial charge in [-0.05, 0) is 17.7 Å². The van der Waals surface area contributed by atoms with Crippen molar-refractivity contribution in [2.75, 3.05) is 0 Å². The van der Waals surface area contributed by atoms with Crippen LogP contribution >= 0.6 is 39.1 Å². The van der Waals surface area contributed by atoms with E-state index in [-0.39, 0.29) is 0 Å². The van der Waals surface area contributed by atoms with Gasteiger partial charge in [-0.3, -0.25) is 0 Å². The van der Waals surface area contributed by atoms with Crippen molar-refractivity contribution in [1.82, 2.24) is 0 Å². The number of rotatable bonds is 1. The number of hydrogen-bond acceptors (Lipinski definition) is 0. The smallest absolute Gasteiger partial charge is 0.0500 e. The number of benzene rings is 1. The van der Waals surface area contributed by atoms with E-state index in [2.05, 4.69) is 15.9 Å². The van der Waals surface area contributed by atoms with E-state index in [0.717, 1.165) is 10.0 Å². The second-order valence-electron chi connectivity index (χ2n) is 1.83. The van der Waals surface area contributed by atoms with Gasteiger partial charge in [-0.15, -0.1) is 11.6 Å². The largest absolute Gasteiger partial charge is 0.121 e. The van der Waals surface area contributed by atoms with Gasteiger partial charge in [-0.2, -0.15) is 0 Å². The van der Waals surface area contributed by atoms with Crippen molar-refractivity contribution in [2.45, 2.75) is 5.88 Å². The summed E-state index contributed by atoms with van der Waals surface area (Å²) in [6.07, 6.45) is 0. The van der Waals surface area contributed by atoms with Gasteiger partial charge in [0.25, 0.3) is 0 Å². The van der Waals surface area contributed by atoms with E-state index >= 15 is 0 Å². The summed E-state index contributed by atoms with van der Waals surface area (Å²) in [5.41, 5.74) is 0.950. The highest BCUT2D eigenvalue weighted by atomic mass is 79.9. The molecule has 0 fully saturated rings. The molecule has 0 aliphatic heterocycles. The topological polar surface area (TPSA) is 0 Å². The Labute approximate surface area is 78.3 Å². The zero-order chi connectivity index (χ0) is 7.56. The maximum absolute atomic E-state index is 5.82. The van der Waals surface area contributed by atoms with Crippen LogP contribution in [-0.2, 0) is 5.88 Å². The van der Waals surface area contributed by atoms with E-state index in [4.69, 9.17) is 23.2 Å². The Kier molecular flexibility index (Phi) is 3.02. The van der Waals surface area contributed by atoms with Crippen LogP contribution in [0.1, 0.15) is 5.56 Å². The summed E-state index contributed by atoms with van der Waals surface area (Å²) in [5, 5.41) is 0.712. The van der Waals surface area contributed by atoms with Crippen molar-refractivity contribution < 1.29 is 0 Å². The quantitative estimate of drug-likeness (QED) is 0.654. The summed E-state index contributed by atoms with van der Waals surface area (Å²) in [6.45, 7) is 0. The highest BCUT2D eigenvalue weighted by Crippen LogP contribution is 2.25. The molecular weight excluding hydrogens is 235 g/mol. The Morgan fingerprint density at radius 2 is 2.10 bits per heavy atom. The summed E-state index contributed by atoms with van der Waals surface area (Å²) in [4.78, 5) is 0. The molecule has 0 saturated carbocycles. The van der Waals surface area contributed by atoms with Gasteiger partial charge in [0.1, 0.15) is 0 Å². The minimum Gasteiger partial charge on any atom is -0.121 e. The molecule has 0 radical (unpaired) electrons. The van der Waals surface area contributed by atoms with Crippen molar-refractivity contribution >= 4 is 39.1 Å². The minimum absolute atomic E-state index is 0.445. The standard InChI is InChI=1S/C7H5BrCl2/c8-6-2-1-3-7(10)5(6)4-9/h1-3H,4H2. The zero-order valence-electron chi connectivity index (χ0n) is 5.07. The molecule has 0 aliphatic carbocycles. The molecule has 0 heterocycles. The lowest BCUT2D eigenvalue weighted by Crippen LogP contribution is -1.80. The lowest BCUT2D eigenvalue weighted by Gasteiger charge is -2.00. The summed E-state index contributed by atoms with van der Waals surface area (Å²) < 4.78 is 0.968. The molecule has 3 heteroatoms. The van der Waals surface area contributed by atoms with E-state index in [9.17, 15) is 0 Å². The summed E-state index contributed by atoms with van der Waals surface area (Å²) >= 11 is 14.8. The molecular formula is C7H5BrCl2. The molecule has 0 saturated heterocycles. The fraction of sp³-hybridized carbons (Fsp3) is 0.143. The van der Waals surface area contributed by atoms with E-state index in [0.29, 0.717) is 10.9 Å². The lowest BCUT2D eigenvalue weighted by atomic mass is 10.2. The molecule has 10 heavy (non-hydrogen) atoms. The van der Waals surface area contributed by atoms with Crippen LogP contribution in [0.4, 0.5) is 0 Å². The molecule has 0 bridgehead atoms. The molecule has 0 N–H and O–H groups in total. The Bertz CT molecular complexity index is 215. The monoisotopic (exact) mass is 238 g/mol. The molecule has 0 atom stereocenters. The molecule has 0 aromatic heterocycles. The van der Waals surface area contributed by atoms with Gasteiger partial charge in [0.2, 0.25) is 0 Å². The SMILES string of the molecule is ClCc1c(Cl)cccc1Br. The van der Waals surface area contributed by atoms with Gasteiger partial charge in [-0.25, -0.2) is 0 Å². The third-order valence-electron chi connectivity index (χ3n) is 1.20. The maximum atomic E-state index is 5.82. The number of halogens is 3. The molecule has 1 aromatic carbocycles. The summed E-state index contributed by atoms with van der Waals surface area (Å²) in [7, 11) is 0. The van der Waals surface area contributed by atoms with Gasteiger partial charge in [-0.1, -0.05) is 33.6 Å². The number of hydrogen-bond donors (Lipinski definition) is 0. The van der Waals surface area contributed by atoms with Gasteiger partial charge >= 0.3 is 0 Å². The first-order chi connectivity index (χ1) is 4.75. The van der Waals surface area contributed by atoms with Crippen LogP contribution in [0.25, 0.3) is 0 Å². The fourth-order valence-corrected chi connectivity index (χ4v) is 2.04. The van der Waals surface area contributed by atoms with E-state index in [1.807, 2.05) is 18.2 Å². The minimum atomic E-state index is 0.445.